The smallest absolute Gasteiger partial charge is 0.326 e. The molecule has 2 atom stereocenters. The fourth-order valence-corrected chi connectivity index (χ4v) is 2.16. The molecular formula is C13H12N2O4. The number of nitrogens with zero attached hydrogens (tertiary/aromatic N) is 2. The fraction of sp³-hybridized carbons (Fsp3) is 0.308. The second kappa shape index (κ2) is 5.08. The zero-order valence-corrected chi connectivity index (χ0v) is 9.98. The predicted octanol–water partition coefficient (Wildman–Crippen LogP) is 0.218. The molecule has 98 valence electrons. The van der Waals surface area contributed by atoms with Crippen LogP contribution in [0, 0.1) is 11.3 Å². The Morgan fingerprint density at radius 2 is 2.16 bits per heavy atom. The fourth-order valence-electron chi connectivity index (χ4n) is 2.16. The van der Waals surface area contributed by atoms with Crippen LogP contribution in [0.3, 0.4) is 0 Å². The number of nitriles is 1. The van der Waals surface area contributed by atoms with Crippen molar-refractivity contribution in [1.29, 1.82) is 5.26 Å². The summed E-state index contributed by atoms with van der Waals surface area (Å²) >= 11 is 0. The molecule has 1 aromatic rings. The summed E-state index contributed by atoms with van der Waals surface area (Å²) in [5.41, 5.74) is 0.580. The lowest BCUT2D eigenvalue weighted by Crippen LogP contribution is -2.40. The third-order valence-electron chi connectivity index (χ3n) is 3.06. The van der Waals surface area contributed by atoms with Gasteiger partial charge in [-0.15, -0.1) is 0 Å². The highest BCUT2D eigenvalue weighted by Gasteiger charge is 2.39. The number of carbonyl (C=O) groups excluding carboxylic acids is 1. The van der Waals surface area contributed by atoms with Gasteiger partial charge in [-0.2, -0.15) is 5.26 Å². The molecule has 0 bridgehead atoms. The van der Waals surface area contributed by atoms with Crippen molar-refractivity contribution in [3.63, 3.8) is 0 Å². The number of amides is 1. The topological polar surface area (TPSA) is 102 Å². The van der Waals surface area contributed by atoms with Crippen LogP contribution in [0.15, 0.2) is 24.3 Å². The Hall–Kier alpha value is -2.39. The number of carboxylic acids is 1. The van der Waals surface area contributed by atoms with Crippen molar-refractivity contribution in [2.45, 2.75) is 18.6 Å². The lowest BCUT2D eigenvalue weighted by molar-refractivity contribution is -0.141. The first-order valence-corrected chi connectivity index (χ1v) is 5.75. The normalized spacial score (nSPS) is 22.0. The number of aliphatic carboxylic acids is 1. The first-order valence-electron chi connectivity index (χ1n) is 5.75. The van der Waals surface area contributed by atoms with E-state index < -0.39 is 24.0 Å². The van der Waals surface area contributed by atoms with Crippen molar-refractivity contribution in [2.75, 3.05) is 6.54 Å². The molecule has 0 spiro atoms. The Labute approximate surface area is 109 Å². The van der Waals surface area contributed by atoms with Crippen molar-refractivity contribution in [3.05, 3.63) is 35.4 Å². The molecule has 1 amide bonds. The summed E-state index contributed by atoms with van der Waals surface area (Å²) in [6.07, 6.45) is -0.803. The van der Waals surface area contributed by atoms with E-state index in [0.29, 0.717) is 5.56 Å². The molecule has 2 rings (SSSR count). The Kier molecular flexibility index (Phi) is 3.49. The Balaban J connectivity index is 2.28. The summed E-state index contributed by atoms with van der Waals surface area (Å²) in [7, 11) is 0. The Morgan fingerprint density at radius 3 is 2.79 bits per heavy atom. The minimum Gasteiger partial charge on any atom is -0.480 e. The summed E-state index contributed by atoms with van der Waals surface area (Å²) in [6, 6.07) is 6.95. The molecule has 6 heteroatoms. The maximum atomic E-state index is 12.2. The maximum absolute atomic E-state index is 12.2. The van der Waals surface area contributed by atoms with E-state index in [1.165, 1.54) is 12.1 Å². The van der Waals surface area contributed by atoms with Gasteiger partial charge in [0.2, 0.25) is 0 Å². The molecule has 0 aromatic heterocycles. The quantitative estimate of drug-likeness (QED) is 0.791. The van der Waals surface area contributed by atoms with Gasteiger partial charge in [0.05, 0.1) is 17.7 Å². The van der Waals surface area contributed by atoms with Crippen LogP contribution < -0.4 is 0 Å². The van der Waals surface area contributed by atoms with Gasteiger partial charge in [0, 0.05) is 18.5 Å². The molecule has 0 radical (unpaired) electrons. The first kappa shape index (κ1) is 13.1. The summed E-state index contributed by atoms with van der Waals surface area (Å²) in [5.74, 6) is -1.62. The molecule has 1 saturated heterocycles. The predicted molar refractivity (Wildman–Crippen MR) is 64.2 cm³/mol. The van der Waals surface area contributed by atoms with Crippen LogP contribution in [0.25, 0.3) is 0 Å². The molecule has 1 aromatic carbocycles. The monoisotopic (exact) mass is 260 g/mol. The lowest BCUT2D eigenvalue weighted by atomic mass is 10.1. The molecule has 1 heterocycles. The van der Waals surface area contributed by atoms with E-state index in [1.807, 2.05) is 6.07 Å². The molecule has 1 aliphatic rings. The second-order valence-corrected chi connectivity index (χ2v) is 4.39. The number of rotatable bonds is 2. The van der Waals surface area contributed by atoms with Crippen molar-refractivity contribution in [3.8, 4) is 6.07 Å². The zero-order chi connectivity index (χ0) is 14.0. The van der Waals surface area contributed by atoms with Crippen LogP contribution in [0.1, 0.15) is 22.3 Å². The minimum absolute atomic E-state index is 0.00736. The number of carboxylic acid groups (broad SMARTS) is 1. The van der Waals surface area contributed by atoms with Crippen LogP contribution in [-0.2, 0) is 4.79 Å². The van der Waals surface area contributed by atoms with Crippen LogP contribution >= 0.6 is 0 Å². The van der Waals surface area contributed by atoms with Crippen LogP contribution in [0.2, 0.25) is 0 Å². The number of β-amino-alcohol motifs (C(OH)–C–C–N with tert-alkyl or cyclic N) is 1. The van der Waals surface area contributed by atoms with Gasteiger partial charge in [0.1, 0.15) is 6.04 Å². The number of aliphatic hydroxyl groups excluding tert-OH is 1. The van der Waals surface area contributed by atoms with E-state index in [-0.39, 0.29) is 18.5 Å². The number of hydrogen-bond donors (Lipinski definition) is 2. The van der Waals surface area contributed by atoms with Crippen LogP contribution in [0.4, 0.5) is 0 Å². The highest BCUT2D eigenvalue weighted by Crippen LogP contribution is 2.21. The molecule has 6 nitrogen and oxygen atoms in total. The molecule has 19 heavy (non-hydrogen) atoms. The van der Waals surface area contributed by atoms with Crippen LogP contribution in [0.5, 0.6) is 0 Å². The standard InChI is InChI=1S/C13H12N2O4/c14-6-8-2-1-3-9(4-8)12(17)15-7-10(16)5-11(15)13(18)19/h1-4,10-11,16H,5,7H2,(H,18,19)/t10?,11-/m0/s1. The molecule has 1 unspecified atom stereocenters. The van der Waals surface area contributed by atoms with Crippen LogP contribution in [-0.4, -0.2) is 45.7 Å². The first-order chi connectivity index (χ1) is 9.02. The summed E-state index contributed by atoms with van der Waals surface area (Å²) in [5, 5.41) is 27.3. The molecule has 2 N–H and O–H groups in total. The van der Waals surface area contributed by atoms with Gasteiger partial charge < -0.3 is 15.1 Å². The number of benzene rings is 1. The lowest BCUT2D eigenvalue weighted by Gasteiger charge is -2.21. The minimum atomic E-state index is -1.14. The third kappa shape index (κ3) is 2.56. The van der Waals surface area contributed by atoms with Crippen molar-refractivity contribution in [2.24, 2.45) is 0 Å². The molecule has 0 aliphatic carbocycles. The Bertz CT molecular complexity index is 564. The van der Waals surface area contributed by atoms with E-state index >= 15 is 0 Å². The van der Waals surface area contributed by atoms with Crippen molar-refractivity contribution >= 4 is 11.9 Å². The van der Waals surface area contributed by atoms with E-state index in [0.717, 1.165) is 4.90 Å². The van der Waals surface area contributed by atoms with Crippen molar-refractivity contribution < 1.29 is 19.8 Å². The average Bonchev–Trinajstić information content (AvgIpc) is 2.80. The largest absolute Gasteiger partial charge is 0.480 e. The molecule has 0 saturated carbocycles. The molecule has 1 aliphatic heterocycles. The number of likely N-dealkylation sites (tertiary alicyclic amines) is 1. The van der Waals surface area contributed by atoms with Gasteiger partial charge in [-0.25, -0.2) is 4.79 Å². The average molecular weight is 260 g/mol. The van der Waals surface area contributed by atoms with Gasteiger partial charge in [-0.05, 0) is 18.2 Å². The number of carbonyl (C=O) groups is 2. The molecule has 1 fully saturated rings. The van der Waals surface area contributed by atoms with Gasteiger partial charge in [-0.3, -0.25) is 4.79 Å². The number of hydrogen-bond acceptors (Lipinski definition) is 4. The van der Waals surface area contributed by atoms with Gasteiger partial charge in [0.25, 0.3) is 5.91 Å². The zero-order valence-electron chi connectivity index (χ0n) is 9.98. The van der Waals surface area contributed by atoms with E-state index in [4.69, 9.17) is 10.4 Å². The SMILES string of the molecule is N#Cc1cccc(C(=O)N2CC(O)C[C@H]2C(=O)O)c1. The van der Waals surface area contributed by atoms with Crippen molar-refractivity contribution in [1.82, 2.24) is 4.90 Å². The molecular weight excluding hydrogens is 248 g/mol. The highest BCUT2D eigenvalue weighted by atomic mass is 16.4. The summed E-state index contributed by atoms with van der Waals surface area (Å²) in [6.45, 7) is -0.00736. The maximum Gasteiger partial charge on any atom is 0.326 e. The van der Waals surface area contributed by atoms with Gasteiger partial charge in [0.15, 0.2) is 0 Å². The van der Waals surface area contributed by atoms with Gasteiger partial charge >= 0.3 is 5.97 Å². The summed E-state index contributed by atoms with van der Waals surface area (Å²) in [4.78, 5) is 24.4. The van der Waals surface area contributed by atoms with E-state index in [2.05, 4.69) is 0 Å². The Morgan fingerprint density at radius 1 is 1.42 bits per heavy atom. The highest BCUT2D eigenvalue weighted by molar-refractivity contribution is 5.97. The second-order valence-electron chi connectivity index (χ2n) is 4.39. The number of aliphatic hydroxyl groups is 1. The van der Waals surface area contributed by atoms with Gasteiger partial charge in [-0.1, -0.05) is 6.07 Å². The summed E-state index contributed by atoms with van der Waals surface area (Å²) < 4.78 is 0. The van der Waals surface area contributed by atoms with E-state index in [1.54, 1.807) is 12.1 Å². The third-order valence-corrected chi connectivity index (χ3v) is 3.06. The van der Waals surface area contributed by atoms with E-state index in [9.17, 15) is 14.7 Å².